The highest BCUT2D eigenvalue weighted by Crippen LogP contribution is 2.32. The molecule has 1 saturated heterocycles. The Hall–Kier alpha value is -0.280. The fourth-order valence-electron chi connectivity index (χ4n) is 1.78. The number of nitrogens with zero attached hydrogens (tertiary/aromatic N) is 1. The van der Waals surface area contributed by atoms with Crippen LogP contribution in [0.1, 0.15) is 19.8 Å². The zero-order valence-electron chi connectivity index (χ0n) is 8.41. The molecular formula is C10H16ClNO2. The van der Waals surface area contributed by atoms with Crippen LogP contribution >= 0.6 is 11.6 Å². The normalized spacial score (nSPS) is 33.1. The molecule has 2 unspecified atom stereocenters. The summed E-state index contributed by atoms with van der Waals surface area (Å²) in [5.74, 6) is 1.07. The van der Waals surface area contributed by atoms with Gasteiger partial charge in [-0.25, -0.2) is 0 Å². The molecule has 3 nitrogen and oxygen atoms in total. The lowest BCUT2D eigenvalue weighted by atomic mass is 10.2. The highest BCUT2D eigenvalue weighted by atomic mass is 35.5. The number of amides is 1. The zero-order valence-corrected chi connectivity index (χ0v) is 9.17. The third-order valence-electron chi connectivity index (χ3n) is 2.89. The van der Waals surface area contributed by atoms with E-state index in [2.05, 4.69) is 0 Å². The Labute approximate surface area is 89.4 Å². The average molecular weight is 218 g/mol. The number of carbonyl (C=O) groups is 1. The molecule has 14 heavy (non-hydrogen) atoms. The van der Waals surface area contributed by atoms with Crippen LogP contribution in [-0.4, -0.2) is 42.0 Å². The zero-order chi connectivity index (χ0) is 10.1. The Balaban J connectivity index is 1.96. The van der Waals surface area contributed by atoms with Crippen LogP contribution in [0.2, 0.25) is 0 Å². The van der Waals surface area contributed by atoms with E-state index in [1.165, 1.54) is 0 Å². The van der Waals surface area contributed by atoms with E-state index >= 15 is 0 Å². The van der Waals surface area contributed by atoms with Crippen molar-refractivity contribution in [3.05, 3.63) is 0 Å². The van der Waals surface area contributed by atoms with Gasteiger partial charge in [-0.05, 0) is 19.8 Å². The second-order valence-electron chi connectivity index (χ2n) is 4.22. The van der Waals surface area contributed by atoms with Crippen molar-refractivity contribution in [1.82, 2.24) is 4.90 Å². The number of hydrogen-bond acceptors (Lipinski definition) is 2. The molecule has 2 atom stereocenters. The first-order valence-corrected chi connectivity index (χ1v) is 5.74. The molecule has 0 radical (unpaired) electrons. The van der Waals surface area contributed by atoms with Gasteiger partial charge in [0.15, 0.2) is 0 Å². The van der Waals surface area contributed by atoms with E-state index in [4.69, 9.17) is 16.3 Å². The highest BCUT2D eigenvalue weighted by Gasteiger charge is 2.37. The molecular weight excluding hydrogens is 202 g/mol. The first kappa shape index (κ1) is 10.2. The largest absolute Gasteiger partial charge is 0.373 e. The first-order chi connectivity index (χ1) is 6.72. The predicted molar refractivity (Wildman–Crippen MR) is 54.4 cm³/mol. The lowest BCUT2D eigenvalue weighted by molar-refractivity contribution is -0.144. The summed E-state index contributed by atoms with van der Waals surface area (Å²) in [4.78, 5) is 13.8. The number of morpholine rings is 1. The third-order valence-corrected chi connectivity index (χ3v) is 3.23. The van der Waals surface area contributed by atoms with Gasteiger partial charge in [0.05, 0.1) is 24.6 Å². The van der Waals surface area contributed by atoms with Crippen molar-refractivity contribution in [2.75, 3.05) is 19.0 Å². The van der Waals surface area contributed by atoms with Crippen LogP contribution < -0.4 is 0 Å². The number of ether oxygens (including phenoxy) is 1. The summed E-state index contributed by atoms with van der Waals surface area (Å²) in [5, 5.41) is 0. The maximum Gasteiger partial charge on any atom is 0.226 e. The molecule has 1 aliphatic heterocycles. The average Bonchev–Trinajstić information content (AvgIpc) is 3.01. The van der Waals surface area contributed by atoms with Gasteiger partial charge in [-0.2, -0.15) is 0 Å². The quantitative estimate of drug-likeness (QED) is 0.652. The van der Waals surface area contributed by atoms with Crippen molar-refractivity contribution in [2.24, 2.45) is 5.92 Å². The molecule has 0 aromatic heterocycles. The Morgan fingerprint density at radius 1 is 1.57 bits per heavy atom. The molecule has 0 N–H and O–H groups in total. The van der Waals surface area contributed by atoms with Crippen molar-refractivity contribution in [1.29, 1.82) is 0 Å². The third kappa shape index (κ3) is 2.04. The van der Waals surface area contributed by atoms with E-state index in [1.54, 1.807) is 0 Å². The van der Waals surface area contributed by atoms with Gasteiger partial charge in [-0.1, -0.05) is 0 Å². The first-order valence-electron chi connectivity index (χ1n) is 5.20. The van der Waals surface area contributed by atoms with E-state index in [0.717, 1.165) is 12.8 Å². The number of rotatable bonds is 2. The molecule has 1 heterocycles. The van der Waals surface area contributed by atoms with Crippen LogP contribution in [0.3, 0.4) is 0 Å². The Bertz CT molecular complexity index is 230. The number of alkyl halides is 1. The van der Waals surface area contributed by atoms with E-state index in [9.17, 15) is 4.79 Å². The second kappa shape index (κ2) is 4.07. The van der Waals surface area contributed by atoms with Gasteiger partial charge in [-0.3, -0.25) is 4.79 Å². The summed E-state index contributed by atoms with van der Waals surface area (Å²) in [6.07, 6.45) is 2.15. The van der Waals surface area contributed by atoms with Gasteiger partial charge >= 0.3 is 0 Å². The minimum Gasteiger partial charge on any atom is -0.373 e. The minimum atomic E-state index is 0.0237. The van der Waals surface area contributed by atoms with Crippen LogP contribution in [0.4, 0.5) is 0 Å². The Morgan fingerprint density at radius 3 is 2.86 bits per heavy atom. The fraction of sp³-hybridized carbons (Fsp3) is 0.900. The van der Waals surface area contributed by atoms with Crippen molar-refractivity contribution < 1.29 is 9.53 Å². The summed E-state index contributed by atoms with van der Waals surface area (Å²) < 4.78 is 5.49. The highest BCUT2D eigenvalue weighted by molar-refractivity contribution is 6.18. The maximum absolute atomic E-state index is 11.9. The smallest absolute Gasteiger partial charge is 0.226 e. The summed E-state index contributed by atoms with van der Waals surface area (Å²) in [5.41, 5.74) is 0. The van der Waals surface area contributed by atoms with Crippen LogP contribution in [-0.2, 0) is 9.53 Å². The van der Waals surface area contributed by atoms with Crippen molar-refractivity contribution >= 4 is 17.5 Å². The molecule has 80 valence electrons. The lowest BCUT2D eigenvalue weighted by Gasteiger charge is -2.37. The molecule has 1 aliphatic carbocycles. The number of hydrogen-bond donors (Lipinski definition) is 0. The topological polar surface area (TPSA) is 29.5 Å². The summed E-state index contributed by atoms with van der Waals surface area (Å²) in [6.45, 7) is 3.32. The molecule has 1 amide bonds. The minimum absolute atomic E-state index is 0.0237. The monoisotopic (exact) mass is 217 g/mol. The van der Waals surface area contributed by atoms with E-state index in [1.807, 2.05) is 11.8 Å². The molecule has 4 heteroatoms. The predicted octanol–water partition coefficient (Wildman–Crippen LogP) is 1.25. The van der Waals surface area contributed by atoms with Gasteiger partial charge < -0.3 is 9.64 Å². The number of halogens is 1. The molecule has 0 aromatic rings. The summed E-state index contributed by atoms with van der Waals surface area (Å²) >= 11 is 5.73. The summed E-state index contributed by atoms with van der Waals surface area (Å²) in [7, 11) is 0. The fourth-order valence-corrected chi connectivity index (χ4v) is 1.97. The SMILES string of the molecule is CC1COC(CCl)CN1C(=O)C1CC1. The standard InChI is InChI=1S/C10H16ClNO2/c1-7-6-14-9(4-11)5-12(7)10(13)8-2-3-8/h7-9H,2-6H2,1H3. The van der Waals surface area contributed by atoms with Crippen LogP contribution in [0, 0.1) is 5.92 Å². The van der Waals surface area contributed by atoms with Crippen LogP contribution in [0.25, 0.3) is 0 Å². The second-order valence-corrected chi connectivity index (χ2v) is 4.53. The number of carbonyl (C=O) groups excluding carboxylic acids is 1. The molecule has 0 bridgehead atoms. The molecule has 2 fully saturated rings. The van der Waals surface area contributed by atoms with E-state index in [-0.39, 0.29) is 12.1 Å². The molecule has 1 saturated carbocycles. The molecule has 0 aromatic carbocycles. The van der Waals surface area contributed by atoms with Crippen LogP contribution in [0.15, 0.2) is 0 Å². The van der Waals surface area contributed by atoms with Gasteiger partial charge in [0.25, 0.3) is 0 Å². The maximum atomic E-state index is 11.9. The Kier molecular flexibility index (Phi) is 2.98. The van der Waals surface area contributed by atoms with E-state index < -0.39 is 0 Å². The van der Waals surface area contributed by atoms with Crippen LogP contribution in [0.5, 0.6) is 0 Å². The molecule has 2 aliphatic rings. The Morgan fingerprint density at radius 2 is 2.29 bits per heavy atom. The van der Waals surface area contributed by atoms with Gasteiger partial charge in [0, 0.05) is 12.5 Å². The molecule has 2 rings (SSSR count). The lowest BCUT2D eigenvalue weighted by Crippen LogP contribution is -2.52. The van der Waals surface area contributed by atoms with Gasteiger partial charge in [-0.15, -0.1) is 11.6 Å². The van der Waals surface area contributed by atoms with Crippen molar-refractivity contribution in [3.8, 4) is 0 Å². The van der Waals surface area contributed by atoms with Crippen molar-refractivity contribution in [3.63, 3.8) is 0 Å². The summed E-state index contributed by atoms with van der Waals surface area (Å²) in [6, 6.07) is 0.211. The van der Waals surface area contributed by atoms with Crippen molar-refractivity contribution in [2.45, 2.75) is 31.9 Å². The van der Waals surface area contributed by atoms with Gasteiger partial charge in [0.1, 0.15) is 0 Å². The molecule has 0 spiro atoms. The van der Waals surface area contributed by atoms with E-state index in [0.29, 0.717) is 30.9 Å². The van der Waals surface area contributed by atoms with Gasteiger partial charge in [0.2, 0.25) is 5.91 Å².